The van der Waals surface area contributed by atoms with Crippen LogP contribution in [0.25, 0.3) is 0 Å². The van der Waals surface area contributed by atoms with Crippen molar-refractivity contribution in [3.05, 3.63) is 112 Å². The topological polar surface area (TPSA) is 88.9 Å². The number of nitrogens with zero attached hydrogens (tertiary/aromatic N) is 3. The van der Waals surface area contributed by atoms with Gasteiger partial charge < -0.3 is 10.6 Å². The molecule has 0 bridgehead atoms. The molecule has 1 aliphatic heterocycles. The predicted octanol–water partition coefficient (Wildman–Crippen LogP) is 6.14. The van der Waals surface area contributed by atoms with Crippen molar-refractivity contribution >= 4 is 46.7 Å². The lowest BCUT2D eigenvalue weighted by atomic mass is 9.95. The summed E-state index contributed by atoms with van der Waals surface area (Å²) in [6, 6.07) is 23.6. The average molecular weight is 530 g/mol. The lowest BCUT2D eigenvalue weighted by molar-refractivity contribution is -0.113. The first-order valence-corrected chi connectivity index (χ1v) is 13.0. The van der Waals surface area contributed by atoms with Crippen molar-refractivity contribution in [2.75, 3.05) is 16.4 Å². The number of carbonyl (C=O) groups is 2. The number of aryl methyl sites for hydroxylation is 1. The summed E-state index contributed by atoms with van der Waals surface area (Å²) in [7, 11) is 0. The standard InChI is InChI=1S/C28H24ClN5O2S/c1-17-8-10-19(11-9-17)23(35)16-37-28-32-27-30-18(2)24(26(36)31-22-6-4-3-5-7-22)25(34(27)33-28)20-12-14-21(29)15-13-20/h3-15,25H,16H2,1-2H3,(H,31,36)(H,30,32,33). The van der Waals surface area contributed by atoms with E-state index < -0.39 is 6.04 Å². The van der Waals surface area contributed by atoms with Gasteiger partial charge in [0, 0.05) is 22.0 Å². The number of hydrogen-bond acceptors (Lipinski definition) is 6. The molecule has 2 heterocycles. The van der Waals surface area contributed by atoms with Gasteiger partial charge in [-0.2, -0.15) is 4.98 Å². The Kier molecular flexibility index (Phi) is 7.12. The van der Waals surface area contributed by atoms with E-state index in [1.807, 2.05) is 80.6 Å². The second-order valence-electron chi connectivity index (χ2n) is 8.68. The van der Waals surface area contributed by atoms with Crippen molar-refractivity contribution < 1.29 is 9.59 Å². The summed E-state index contributed by atoms with van der Waals surface area (Å²) in [5.74, 6) is 0.448. The fraction of sp³-hybridized carbons (Fsp3) is 0.143. The molecule has 0 saturated heterocycles. The highest BCUT2D eigenvalue weighted by Gasteiger charge is 2.34. The summed E-state index contributed by atoms with van der Waals surface area (Å²) in [4.78, 5) is 30.8. The van der Waals surface area contributed by atoms with E-state index in [-0.39, 0.29) is 17.4 Å². The number of amides is 1. The fourth-order valence-corrected chi connectivity index (χ4v) is 4.96. The maximum absolute atomic E-state index is 13.5. The minimum absolute atomic E-state index is 0.00258. The molecule has 1 unspecified atom stereocenters. The first kappa shape index (κ1) is 24.8. The monoisotopic (exact) mass is 529 g/mol. The molecule has 1 atom stereocenters. The van der Waals surface area contributed by atoms with Crippen LogP contribution in [0.5, 0.6) is 0 Å². The Labute approximate surface area is 224 Å². The molecule has 37 heavy (non-hydrogen) atoms. The van der Waals surface area contributed by atoms with Crippen LogP contribution in [0.15, 0.2) is 95.3 Å². The van der Waals surface area contributed by atoms with Gasteiger partial charge in [-0.15, -0.1) is 5.10 Å². The molecule has 0 radical (unpaired) electrons. The Morgan fingerprint density at radius 2 is 1.70 bits per heavy atom. The number of halogens is 1. The van der Waals surface area contributed by atoms with E-state index in [9.17, 15) is 9.59 Å². The molecule has 186 valence electrons. The Balaban J connectivity index is 1.44. The lowest BCUT2D eigenvalue weighted by Gasteiger charge is -2.28. The molecule has 1 aliphatic rings. The molecule has 0 saturated carbocycles. The number of ketones is 1. The Bertz CT molecular complexity index is 1480. The van der Waals surface area contributed by atoms with Gasteiger partial charge in [-0.1, -0.05) is 83.5 Å². The van der Waals surface area contributed by atoms with Gasteiger partial charge in [0.1, 0.15) is 6.04 Å². The molecular weight excluding hydrogens is 506 g/mol. The minimum Gasteiger partial charge on any atom is -0.328 e. The van der Waals surface area contributed by atoms with E-state index in [0.717, 1.165) is 11.1 Å². The normalized spacial score (nSPS) is 14.6. The van der Waals surface area contributed by atoms with Gasteiger partial charge in [-0.25, -0.2) is 4.68 Å². The zero-order chi connectivity index (χ0) is 25.9. The van der Waals surface area contributed by atoms with Crippen LogP contribution in [-0.4, -0.2) is 32.2 Å². The van der Waals surface area contributed by atoms with Crippen molar-refractivity contribution in [1.29, 1.82) is 0 Å². The number of benzene rings is 3. The van der Waals surface area contributed by atoms with Crippen LogP contribution in [-0.2, 0) is 4.79 Å². The van der Waals surface area contributed by atoms with Crippen LogP contribution in [0.4, 0.5) is 11.6 Å². The molecule has 1 amide bonds. The van der Waals surface area contributed by atoms with Crippen molar-refractivity contribution in [3.63, 3.8) is 0 Å². The Hall–Kier alpha value is -3.88. The number of carbonyl (C=O) groups excluding carboxylic acids is 2. The predicted molar refractivity (Wildman–Crippen MR) is 147 cm³/mol. The molecule has 0 aliphatic carbocycles. The minimum atomic E-state index is -0.535. The second-order valence-corrected chi connectivity index (χ2v) is 10.1. The number of fused-ring (bicyclic) bond motifs is 1. The summed E-state index contributed by atoms with van der Waals surface area (Å²) in [6.07, 6.45) is 0. The second kappa shape index (κ2) is 10.6. The van der Waals surface area contributed by atoms with Crippen LogP contribution < -0.4 is 10.6 Å². The van der Waals surface area contributed by atoms with Crippen molar-refractivity contribution in [1.82, 2.24) is 14.8 Å². The molecule has 7 nitrogen and oxygen atoms in total. The number of anilines is 2. The molecule has 0 spiro atoms. The number of thioether (sulfide) groups is 1. The summed E-state index contributed by atoms with van der Waals surface area (Å²) in [5, 5.41) is 11.9. The van der Waals surface area contributed by atoms with Crippen molar-refractivity contribution in [3.8, 4) is 0 Å². The zero-order valence-corrected chi connectivity index (χ0v) is 21.8. The summed E-state index contributed by atoms with van der Waals surface area (Å²) in [5.41, 5.74) is 4.45. The van der Waals surface area contributed by atoms with Gasteiger partial charge in [0.25, 0.3) is 5.91 Å². The van der Waals surface area contributed by atoms with Crippen molar-refractivity contribution in [2.45, 2.75) is 25.0 Å². The van der Waals surface area contributed by atoms with Crippen LogP contribution in [0.2, 0.25) is 5.02 Å². The molecule has 2 N–H and O–H groups in total. The average Bonchev–Trinajstić information content (AvgIpc) is 3.30. The number of rotatable bonds is 7. The quantitative estimate of drug-likeness (QED) is 0.221. The Morgan fingerprint density at radius 3 is 2.41 bits per heavy atom. The first-order chi connectivity index (χ1) is 17.9. The zero-order valence-electron chi connectivity index (χ0n) is 20.2. The van der Waals surface area contributed by atoms with Gasteiger partial charge >= 0.3 is 0 Å². The van der Waals surface area contributed by atoms with E-state index in [0.29, 0.717) is 38.6 Å². The third-order valence-corrected chi connectivity index (χ3v) is 7.09. The van der Waals surface area contributed by atoms with E-state index in [1.54, 1.807) is 16.8 Å². The number of para-hydroxylation sites is 1. The van der Waals surface area contributed by atoms with Crippen LogP contribution >= 0.6 is 23.4 Å². The number of nitrogens with one attached hydrogen (secondary N) is 2. The molecule has 5 rings (SSSR count). The van der Waals surface area contributed by atoms with Gasteiger partial charge in [0.15, 0.2) is 5.78 Å². The van der Waals surface area contributed by atoms with Crippen LogP contribution in [0, 0.1) is 6.92 Å². The molecule has 3 aromatic carbocycles. The third-order valence-electron chi connectivity index (χ3n) is 6.00. The number of allylic oxidation sites excluding steroid dienone is 1. The lowest BCUT2D eigenvalue weighted by Crippen LogP contribution is -2.31. The maximum Gasteiger partial charge on any atom is 0.255 e. The van der Waals surface area contributed by atoms with Gasteiger partial charge in [-0.3, -0.25) is 9.59 Å². The smallest absolute Gasteiger partial charge is 0.255 e. The molecule has 9 heteroatoms. The molecular formula is C28H24ClN5O2S. The summed E-state index contributed by atoms with van der Waals surface area (Å²) in [6.45, 7) is 3.83. The maximum atomic E-state index is 13.5. The number of aromatic nitrogens is 3. The van der Waals surface area contributed by atoms with E-state index in [4.69, 9.17) is 16.7 Å². The number of hydrogen-bond donors (Lipinski definition) is 2. The van der Waals surface area contributed by atoms with Crippen LogP contribution in [0.3, 0.4) is 0 Å². The van der Waals surface area contributed by atoms with Crippen molar-refractivity contribution in [2.24, 2.45) is 0 Å². The highest BCUT2D eigenvalue weighted by atomic mass is 35.5. The third kappa shape index (κ3) is 5.45. The van der Waals surface area contributed by atoms with E-state index in [2.05, 4.69) is 15.6 Å². The van der Waals surface area contributed by atoms with Gasteiger partial charge in [0.05, 0.1) is 11.3 Å². The molecule has 4 aromatic rings. The molecule has 0 fully saturated rings. The molecule has 1 aromatic heterocycles. The largest absolute Gasteiger partial charge is 0.328 e. The highest BCUT2D eigenvalue weighted by Crippen LogP contribution is 2.37. The summed E-state index contributed by atoms with van der Waals surface area (Å²) < 4.78 is 1.69. The Morgan fingerprint density at radius 1 is 1.00 bits per heavy atom. The SMILES string of the molecule is CC1=C(C(=O)Nc2ccccc2)C(c2ccc(Cl)cc2)n2nc(SCC(=O)c3ccc(C)cc3)nc2N1. The van der Waals surface area contributed by atoms with E-state index >= 15 is 0 Å². The van der Waals surface area contributed by atoms with E-state index in [1.165, 1.54) is 11.8 Å². The van der Waals surface area contributed by atoms with Crippen LogP contribution in [0.1, 0.15) is 34.5 Å². The number of Topliss-reactive ketones (excluding diaryl/α,β-unsaturated/α-hetero) is 1. The highest BCUT2D eigenvalue weighted by molar-refractivity contribution is 7.99. The first-order valence-electron chi connectivity index (χ1n) is 11.7. The fourth-order valence-electron chi connectivity index (χ4n) is 4.11. The summed E-state index contributed by atoms with van der Waals surface area (Å²) >= 11 is 7.41. The van der Waals surface area contributed by atoms with Gasteiger partial charge in [-0.05, 0) is 43.7 Å². The van der Waals surface area contributed by atoms with Gasteiger partial charge in [0.2, 0.25) is 11.1 Å².